The number of carbonyl (C=O) groups is 2. The number of nitrogens with one attached hydrogen (secondary N) is 1. The molecular formula is C13H26N2O5. The Balaban J connectivity index is 4.01. The van der Waals surface area contributed by atoms with Gasteiger partial charge in [0.25, 0.3) is 0 Å². The normalized spacial score (nSPS) is 11.9. The number of carbonyl (C=O) groups excluding carboxylic acids is 1. The number of rotatable bonds is 6. The van der Waals surface area contributed by atoms with Gasteiger partial charge in [-0.15, -0.1) is 0 Å². The molecule has 0 bridgehead atoms. The first-order valence-electron chi connectivity index (χ1n) is 6.42. The van der Waals surface area contributed by atoms with E-state index >= 15 is 0 Å². The zero-order chi connectivity index (χ0) is 16.0. The van der Waals surface area contributed by atoms with Crippen LogP contribution in [0.1, 0.15) is 34.6 Å². The lowest BCUT2D eigenvalue weighted by molar-refractivity contribution is 0.00356. The van der Waals surface area contributed by atoms with Crippen molar-refractivity contribution in [3.05, 3.63) is 0 Å². The molecule has 0 aromatic carbocycles. The molecule has 0 aliphatic carbocycles. The van der Waals surface area contributed by atoms with E-state index < -0.39 is 17.8 Å². The summed E-state index contributed by atoms with van der Waals surface area (Å²) in [6, 6.07) is 0. The molecule has 0 heterocycles. The molecule has 0 aromatic heterocycles. The van der Waals surface area contributed by atoms with Gasteiger partial charge in [-0.2, -0.15) is 0 Å². The maximum atomic E-state index is 11.5. The standard InChI is InChI=1S/C13H26N2O5/c1-12(2,3)20-10(16)14-7-13(4,5)8-19-9-15(6)11(17)18/h7-9H2,1-6H3,(H,14,16)(H,17,18). The predicted molar refractivity (Wildman–Crippen MR) is 74.6 cm³/mol. The van der Waals surface area contributed by atoms with Gasteiger partial charge >= 0.3 is 12.2 Å². The molecule has 7 nitrogen and oxygen atoms in total. The number of hydrogen-bond acceptors (Lipinski definition) is 4. The van der Waals surface area contributed by atoms with E-state index in [2.05, 4.69) is 5.32 Å². The van der Waals surface area contributed by atoms with Crippen molar-refractivity contribution < 1.29 is 24.2 Å². The Morgan fingerprint density at radius 3 is 2.20 bits per heavy atom. The van der Waals surface area contributed by atoms with Crippen LogP contribution in [0.4, 0.5) is 9.59 Å². The summed E-state index contributed by atoms with van der Waals surface area (Å²) in [5.41, 5.74) is -0.856. The van der Waals surface area contributed by atoms with Gasteiger partial charge in [0, 0.05) is 19.0 Å². The van der Waals surface area contributed by atoms with Crippen LogP contribution < -0.4 is 5.32 Å². The number of nitrogens with zero attached hydrogens (tertiary/aromatic N) is 1. The molecule has 0 aliphatic heterocycles. The van der Waals surface area contributed by atoms with Crippen LogP contribution in [0.25, 0.3) is 0 Å². The van der Waals surface area contributed by atoms with Crippen LogP contribution in [0.3, 0.4) is 0 Å². The van der Waals surface area contributed by atoms with Gasteiger partial charge in [0.2, 0.25) is 0 Å². The van der Waals surface area contributed by atoms with E-state index in [1.165, 1.54) is 7.05 Å². The molecule has 0 radical (unpaired) electrons. The molecular weight excluding hydrogens is 264 g/mol. The summed E-state index contributed by atoms with van der Waals surface area (Å²) < 4.78 is 10.4. The number of ether oxygens (including phenoxy) is 2. The second kappa shape index (κ2) is 7.33. The topological polar surface area (TPSA) is 88.1 Å². The summed E-state index contributed by atoms with van der Waals surface area (Å²) in [7, 11) is 1.42. The zero-order valence-electron chi connectivity index (χ0n) is 13.1. The number of alkyl carbamates (subject to hydrolysis) is 1. The van der Waals surface area contributed by atoms with E-state index in [4.69, 9.17) is 14.6 Å². The fourth-order valence-corrected chi connectivity index (χ4v) is 1.19. The van der Waals surface area contributed by atoms with Crippen LogP contribution in [-0.4, -0.2) is 54.7 Å². The molecule has 0 aromatic rings. The molecule has 0 fully saturated rings. The van der Waals surface area contributed by atoms with Crippen LogP contribution in [0, 0.1) is 5.41 Å². The number of hydrogen-bond donors (Lipinski definition) is 2. The van der Waals surface area contributed by atoms with Gasteiger partial charge in [0.1, 0.15) is 12.3 Å². The Kier molecular flexibility index (Phi) is 6.78. The van der Waals surface area contributed by atoms with E-state index in [0.29, 0.717) is 13.2 Å². The highest BCUT2D eigenvalue weighted by Crippen LogP contribution is 2.14. The zero-order valence-corrected chi connectivity index (χ0v) is 13.1. The van der Waals surface area contributed by atoms with Crippen LogP contribution in [0.5, 0.6) is 0 Å². The highest BCUT2D eigenvalue weighted by Gasteiger charge is 2.22. The molecule has 118 valence electrons. The molecule has 0 aliphatic rings. The van der Waals surface area contributed by atoms with E-state index in [9.17, 15) is 9.59 Å². The lowest BCUT2D eigenvalue weighted by Gasteiger charge is -2.27. The van der Waals surface area contributed by atoms with Crippen LogP contribution >= 0.6 is 0 Å². The minimum absolute atomic E-state index is 0.00873. The Hall–Kier alpha value is -1.50. The Bertz CT molecular complexity index is 336. The fourth-order valence-electron chi connectivity index (χ4n) is 1.19. The summed E-state index contributed by atoms with van der Waals surface area (Å²) >= 11 is 0. The summed E-state index contributed by atoms with van der Waals surface area (Å²) in [6.07, 6.45) is -1.53. The van der Waals surface area contributed by atoms with Crippen molar-refractivity contribution in [1.82, 2.24) is 10.2 Å². The first kappa shape index (κ1) is 18.5. The van der Waals surface area contributed by atoms with E-state index in [1.807, 2.05) is 13.8 Å². The number of amides is 2. The van der Waals surface area contributed by atoms with Gasteiger partial charge in [-0.3, -0.25) is 4.90 Å². The molecule has 0 rings (SSSR count). The minimum atomic E-state index is -1.05. The third-order valence-corrected chi connectivity index (χ3v) is 2.21. The van der Waals surface area contributed by atoms with Crippen LogP contribution in [0.15, 0.2) is 0 Å². The van der Waals surface area contributed by atoms with Gasteiger partial charge in [-0.05, 0) is 20.8 Å². The molecule has 7 heteroatoms. The molecule has 20 heavy (non-hydrogen) atoms. The van der Waals surface area contributed by atoms with E-state index in [0.717, 1.165) is 4.90 Å². The van der Waals surface area contributed by atoms with Gasteiger partial charge in [-0.25, -0.2) is 9.59 Å². The first-order chi connectivity index (χ1) is 8.93. The lowest BCUT2D eigenvalue weighted by atomic mass is 9.95. The van der Waals surface area contributed by atoms with Crippen molar-refractivity contribution in [3.63, 3.8) is 0 Å². The molecule has 0 saturated carbocycles. The van der Waals surface area contributed by atoms with E-state index in [1.54, 1.807) is 20.8 Å². The monoisotopic (exact) mass is 290 g/mol. The quantitative estimate of drug-likeness (QED) is 0.731. The van der Waals surface area contributed by atoms with E-state index in [-0.39, 0.29) is 12.1 Å². The van der Waals surface area contributed by atoms with Crippen LogP contribution in [0.2, 0.25) is 0 Å². The van der Waals surface area contributed by atoms with Gasteiger partial charge in [0.15, 0.2) is 0 Å². The Morgan fingerprint density at radius 1 is 1.20 bits per heavy atom. The summed E-state index contributed by atoms with van der Waals surface area (Å²) in [5.74, 6) is 0. The van der Waals surface area contributed by atoms with Crippen LogP contribution in [-0.2, 0) is 9.47 Å². The fraction of sp³-hybridized carbons (Fsp3) is 0.846. The SMILES string of the molecule is CN(COCC(C)(C)CNC(=O)OC(C)(C)C)C(=O)O. The Labute approximate surface area is 120 Å². The van der Waals surface area contributed by atoms with Crippen molar-refractivity contribution in [2.24, 2.45) is 5.41 Å². The summed E-state index contributed by atoms with van der Waals surface area (Å²) in [6.45, 7) is 9.88. The van der Waals surface area contributed by atoms with Crippen molar-refractivity contribution in [1.29, 1.82) is 0 Å². The summed E-state index contributed by atoms with van der Waals surface area (Å²) in [5, 5.41) is 11.3. The number of carboxylic acid groups (broad SMARTS) is 1. The second-order valence-corrected chi connectivity index (χ2v) is 6.48. The maximum absolute atomic E-state index is 11.5. The molecule has 0 unspecified atom stereocenters. The first-order valence-corrected chi connectivity index (χ1v) is 6.42. The summed E-state index contributed by atoms with van der Waals surface area (Å²) in [4.78, 5) is 23.1. The Morgan fingerprint density at radius 2 is 1.75 bits per heavy atom. The average molecular weight is 290 g/mol. The minimum Gasteiger partial charge on any atom is -0.465 e. The predicted octanol–water partition coefficient (Wildman–Crippen LogP) is 2.12. The maximum Gasteiger partial charge on any atom is 0.408 e. The molecule has 2 amide bonds. The van der Waals surface area contributed by atoms with Gasteiger partial charge < -0.3 is 19.9 Å². The molecule has 0 atom stereocenters. The molecule has 2 N–H and O–H groups in total. The van der Waals surface area contributed by atoms with Gasteiger partial charge in [-0.1, -0.05) is 13.8 Å². The average Bonchev–Trinajstić information content (AvgIpc) is 2.23. The third kappa shape index (κ3) is 9.43. The lowest BCUT2D eigenvalue weighted by Crippen LogP contribution is -2.40. The largest absolute Gasteiger partial charge is 0.465 e. The highest BCUT2D eigenvalue weighted by atomic mass is 16.6. The van der Waals surface area contributed by atoms with Crippen molar-refractivity contribution >= 4 is 12.2 Å². The van der Waals surface area contributed by atoms with Crippen molar-refractivity contribution in [2.45, 2.75) is 40.2 Å². The molecule has 0 saturated heterocycles. The highest BCUT2D eigenvalue weighted by molar-refractivity contribution is 5.67. The smallest absolute Gasteiger partial charge is 0.408 e. The second-order valence-electron chi connectivity index (χ2n) is 6.48. The third-order valence-electron chi connectivity index (χ3n) is 2.21. The van der Waals surface area contributed by atoms with Gasteiger partial charge in [0.05, 0.1) is 6.61 Å². The molecule has 0 spiro atoms. The van der Waals surface area contributed by atoms with Crippen molar-refractivity contribution in [2.75, 3.05) is 26.9 Å². The van der Waals surface area contributed by atoms with Crippen molar-refractivity contribution in [3.8, 4) is 0 Å².